The molecule has 2 aromatic carbocycles. The molecule has 1 aliphatic heterocycles. The molecule has 0 aromatic heterocycles. The first-order chi connectivity index (χ1) is 9.65. The van der Waals surface area contributed by atoms with Crippen LogP contribution in [0.4, 0.5) is 0 Å². The number of benzene rings is 2. The number of nitrogens with zero attached hydrogens (tertiary/aromatic N) is 1. The van der Waals surface area contributed by atoms with Crippen molar-refractivity contribution in [3.63, 3.8) is 0 Å². The number of rotatable bonds is 1. The molecule has 21 heavy (non-hydrogen) atoms. The van der Waals surface area contributed by atoms with Crippen LogP contribution in [-0.2, 0) is 6.42 Å². The van der Waals surface area contributed by atoms with E-state index in [0.717, 1.165) is 19.5 Å². The Morgan fingerprint density at radius 2 is 1.90 bits per heavy atom. The van der Waals surface area contributed by atoms with E-state index in [0.29, 0.717) is 5.02 Å². The molecule has 2 nitrogen and oxygen atoms in total. The van der Waals surface area contributed by atoms with Crippen molar-refractivity contribution in [3.05, 3.63) is 64.2 Å². The predicted molar refractivity (Wildman–Crippen MR) is 82.6 cm³/mol. The molecule has 1 atom stereocenters. The van der Waals surface area contributed by atoms with Crippen LogP contribution in [0.25, 0.3) is 0 Å². The second-order valence-corrected chi connectivity index (χ2v) is 5.89. The van der Waals surface area contributed by atoms with Gasteiger partial charge in [0.1, 0.15) is 5.75 Å². The second kappa shape index (κ2) is 6.69. The van der Waals surface area contributed by atoms with Crippen molar-refractivity contribution in [2.75, 3.05) is 20.1 Å². The number of hydrogen-bond acceptors (Lipinski definition) is 2. The fourth-order valence-corrected chi connectivity index (χ4v) is 3.13. The maximum atomic E-state index is 9.95. The molecule has 0 spiro atoms. The third-order valence-corrected chi connectivity index (χ3v) is 4.35. The fraction of sp³-hybridized carbons (Fsp3) is 0.294. The Hall–Kier alpha value is -1.22. The Bertz CT molecular complexity index is 616. The summed E-state index contributed by atoms with van der Waals surface area (Å²) < 4.78 is 0. The molecular weight excluding hydrogens is 305 g/mol. The lowest BCUT2D eigenvalue weighted by atomic mass is 9.88. The van der Waals surface area contributed by atoms with Gasteiger partial charge in [-0.25, -0.2) is 0 Å². The molecule has 4 heteroatoms. The summed E-state index contributed by atoms with van der Waals surface area (Å²) in [4.78, 5) is 2.34. The van der Waals surface area contributed by atoms with Crippen LogP contribution in [-0.4, -0.2) is 30.1 Å². The van der Waals surface area contributed by atoms with Crippen LogP contribution in [0.2, 0.25) is 5.02 Å². The highest BCUT2D eigenvalue weighted by atomic mass is 35.5. The van der Waals surface area contributed by atoms with Gasteiger partial charge in [0, 0.05) is 19.0 Å². The molecule has 0 fully saturated rings. The van der Waals surface area contributed by atoms with Crippen LogP contribution in [0.5, 0.6) is 5.75 Å². The first-order valence-electron chi connectivity index (χ1n) is 6.90. The summed E-state index contributed by atoms with van der Waals surface area (Å²) in [6.07, 6.45) is 0.967. The van der Waals surface area contributed by atoms with E-state index in [1.54, 1.807) is 0 Å². The van der Waals surface area contributed by atoms with E-state index < -0.39 is 0 Å². The van der Waals surface area contributed by atoms with Crippen LogP contribution in [0.1, 0.15) is 22.6 Å². The van der Waals surface area contributed by atoms with E-state index in [4.69, 9.17) is 11.6 Å². The van der Waals surface area contributed by atoms with Crippen molar-refractivity contribution in [3.8, 4) is 5.75 Å². The van der Waals surface area contributed by atoms with Crippen molar-refractivity contribution in [2.24, 2.45) is 0 Å². The number of phenolic OH excluding ortho intramolecular Hbond substituents is 1. The topological polar surface area (TPSA) is 23.5 Å². The molecule has 0 aliphatic carbocycles. The van der Waals surface area contributed by atoms with Gasteiger partial charge in [-0.05, 0) is 42.3 Å². The number of phenols is 1. The van der Waals surface area contributed by atoms with Gasteiger partial charge < -0.3 is 22.4 Å². The normalized spacial score (nSPS) is 18.5. The van der Waals surface area contributed by atoms with Gasteiger partial charge in [-0.2, -0.15) is 0 Å². The lowest BCUT2D eigenvalue weighted by Gasteiger charge is -2.22. The summed E-state index contributed by atoms with van der Waals surface area (Å²) in [7, 11) is 2.14. The third-order valence-electron chi connectivity index (χ3n) is 4.04. The Morgan fingerprint density at radius 1 is 1.19 bits per heavy atom. The summed E-state index contributed by atoms with van der Waals surface area (Å²) in [5.74, 6) is 0.456. The highest BCUT2D eigenvalue weighted by molar-refractivity contribution is 6.32. The SMILES string of the molecule is CN1CCc2cc(Cl)c(O)cc2C(c2ccccc2)C1.[Cl-]. The van der Waals surface area contributed by atoms with Gasteiger partial charge in [-0.1, -0.05) is 41.9 Å². The predicted octanol–water partition coefficient (Wildman–Crippen LogP) is 0.669. The van der Waals surface area contributed by atoms with Crippen LogP contribution in [0.3, 0.4) is 0 Å². The zero-order valence-corrected chi connectivity index (χ0v) is 13.4. The van der Waals surface area contributed by atoms with Crippen LogP contribution in [0.15, 0.2) is 42.5 Å². The number of likely N-dealkylation sites (N-methyl/N-ethyl adjacent to an activating group) is 1. The molecule has 1 aliphatic rings. The first kappa shape index (κ1) is 16.2. The van der Waals surface area contributed by atoms with Crippen LogP contribution < -0.4 is 12.4 Å². The third kappa shape index (κ3) is 3.34. The molecule has 0 saturated carbocycles. The average molecular weight is 323 g/mol. The molecule has 1 unspecified atom stereocenters. The van der Waals surface area contributed by atoms with Gasteiger partial charge in [0.2, 0.25) is 0 Å². The smallest absolute Gasteiger partial charge is 0.134 e. The first-order valence-corrected chi connectivity index (χ1v) is 7.27. The molecule has 112 valence electrons. The number of fused-ring (bicyclic) bond motifs is 1. The molecular formula is C17H18Cl2NO-. The van der Waals surface area contributed by atoms with Gasteiger partial charge in [-0.3, -0.25) is 0 Å². The molecule has 1 heterocycles. The van der Waals surface area contributed by atoms with Gasteiger partial charge in [0.25, 0.3) is 0 Å². The lowest BCUT2D eigenvalue weighted by Crippen LogP contribution is -3.00. The number of hydrogen-bond donors (Lipinski definition) is 1. The molecule has 0 bridgehead atoms. The van der Waals surface area contributed by atoms with E-state index in [2.05, 4.69) is 36.2 Å². The Balaban J connectivity index is 0.00000161. The molecule has 2 aromatic rings. The van der Waals surface area contributed by atoms with Gasteiger partial charge >= 0.3 is 0 Å². The molecule has 0 amide bonds. The largest absolute Gasteiger partial charge is 1.00 e. The van der Waals surface area contributed by atoms with Crippen LogP contribution in [0, 0.1) is 0 Å². The highest BCUT2D eigenvalue weighted by Crippen LogP contribution is 2.36. The zero-order chi connectivity index (χ0) is 14.1. The summed E-state index contributed by atoms with van der Waals surface area (Å²) in [6.45, 7) is 1.97. The van der Waals surface area contributed by atoms with Crippen molar-refractivity contribution in [1.82, 2.24) is 4.90 Å². The van der Waals surface area contributed by atoms with Crippen molar-refractivity contribution in [1.29, 1.82) is 0 Å². The lowest BCUT2D eigenvalue weighted by molar-refractivity contribution is -0.00000495. The maximum Gasteiger partial charge on any atom is 0.134 e. The Kier molecular flexibility index (Phi) is 5.15. The van der Waals surface area contributed by atoms with Gasteiger partial charge in [0.05, 0.1) is 5.02 Å². The maximum absolute atomic E-state index is 9.95. The van der Waals surface area contributed by atoms with E-state index in [1.165, 1.54) is 16.7 Å². The minimum absolute atomic E-state index is 0. The van der Waals surface area contributed by atoms with E-state index in [-0.39, 0.29) is 24.1 Å². The summed E-state index contributed by atoms with van der Waals surface area (Å²) in [5.41, 5.74) is 3.72. The molecule has 1 N–H and O–H groups in total. The van der Waals surface area contributed by atoms with Gasteiger partial charge in [0.15, 0.2) is 0 Å². The number of halogens is 2. The van der Waals surface area contributed by atoms with Crippen molar-refractivity contribution < 1.29 is 17.5 Å². The van der Waals surface area contributed by atoms with Crippen molar-refractivity contribution in [2.45, 2.75) is 12.3 Å². The monoisotopic (exact) mass is 322 g/mol. The Morgan fingerprint density at radius 3 is 2.62 bits per heavy atom. The summed E-state index contributed by atoms with van der Waals surface area (Å²) in [6, 6.07) is 14.2. The van der Waals surface area contributed by atoms with E-state index in [9.17, 15) is 5.11 Å². The van der Waals surface area contributed by atoms with E-state index >= 15 is 0 Å². The summed E-state index contributed by atoms with van der Waals surface area (Å²) in [5, 5.41) is 10.4. The van der Waals surface area contributed by atoms with Crippen molar-refractivity contribution >= 4 is 11.6 Å². The van der Waals surface area contributed by atoms with Crippen LogP contribution >= 0.6 is 11.6 Å². The fourth-order valence-electron chi connectivity index (χ4n) is 2.94. The Labute approximate surface area is 136 Å². The summed E-state index contributed by atoms with van der Waals surface area (Å²) >= 11 is 6.07. The van der Waals surface area contributed by atoms with Gasteiger partial charge in [-0.15, -0.1) is 0 Å². The highest BCUT2D eigenvalue weighted by Gasteiger charge is 2.24. The standard InChI is InChI=1S/C17H18ClNO.ClH/c1-19-8-7-13-9-16(18)17(20)10-14(13)15(11-19)12-5-3-2-4-6-12;/h2-6,9-10,15,20H,7-8,11H2,1H3;1H/p-1. The average Bonchev–Trinajstić information content (AvgIpc) is 2.61. The molecule has 0 radical (unpaired) electrons. The van der Waals surface area contributed by atoms with E-state index in [1.807, 2.05) is 18.2 Å². The number of aromatic hydroxyl groups is 1. The minimum Gasteiger partial charge on any atom is -1.00 e. The minimum atomic E-state index is 0. The molecule has 3 rings (SSSR count). The zero-order valence-electron chi connectivity index (χ0n) is 11.9. The quantitative estimate of drug-likeness (QED) is 0.834. The second-order valence-electron chi connectivity index (χ2n) is 5.48. The molecule has 0 saturated heterocycles.